The molecule has 0 aromatic heterocycles. The third-order valence-corrected chi connectivity index (χ3v) is 1.74. The molecule has 0 aliphatic rings. The van der Waals surface area contributed by atoms with Crippen molar-refractivity contribution in [2.45, 2.75) is 41.5 Å². The molecule has 0 atom stereocenters. The van der Waals surface area contributed by atoms with Gasteiger partial charge in [-0.05, 0) is 11.5 Å². The summed E-state index contributed by atoms with van der Waals surface area (Å²) < 4.78 is 0. The molecule has 0 aromatic rings. The number of allylic oxidation sites excluding steroid dienone is 2. The van der Waals surface area contributed by atoms with Crippen LogP contribution in [0.4, 0.5) is 0 Å². The number of carbonyl (C=O) groups excluding carboxylic acids is 1. The summed E-state index contributed by atoms with van der Waals surface area (Å²) in [5.74, 6) is -0.208. The van der Waals surface area contributed by atoms with Crippen molar-refractivity contribution in [1.82, 2.24) is 0 Å². The van der Waals surface area contributed by atoms with E-state index in [1.807, 2.05) is 41.5 Å². The second-order valence-electron chi connectivity index (χ2n) is 5.37. The van der Waals surface area contributed by atoms with Gasteiger partial charge in [-0.3, -0.25) is 4.79 Å². The predicted octanol–water partition coefficient (Wildman–Crippen LogP) is 1.51. The van der Waals surface area contributed by atoms with Crippen LogP contribution in [0.1, 0.15) is 41.5 Å². The molecule has 0 amide bonds. The Kier molecular flexibility index (Phi) is 7.06. The molecule has 0 saturated heterocycles. The van der Waals surface area contributed by atoms with Crippen molar-refractivity contribution in [1.29, 1.82) is 0 Å². The van der Waals surface area contributed by atoms with Crippen LogP contribution in [0.3, 0.4) is 0 Å². The van der Waals surface area contributed by atoms with Gasteiger partial charge in [-0.15, -0.1) is 5.76 Å². The van der Waals surface area contributed by atoms with Gasteiger partial charge in [-0.1, -0.05) is 41.5 Å². The Morgan fingerprint density at radius 2 is 1.36 bits per heavy atom. The average molecular weight is 321 g/mol. The van der Waals surface area contributed by atoms with E-state index < -0.39 is 10.8 Å². The van der Waals surface area contributed by atoms with Gasteiger partial charge >= 0.3 is 48.9 Å². The second kappa shape index (κ2) is 5.75. The minimum atomic E-state index is -0.457. The standard InChI is InChI=1S/C11H20O2.Ba/c1-10(2,3)8(12)7-9(13)11(4,5)6;/h7,12H,1-6H3;/q;+2/p-1. The molecule has 0 heterocycles. The fourth-order valence-corrected chi connectivity index (χ4v) is 0.552. The molecule has 0 aliphatic carbocycles. The zero-order chi connectivity index (χ0) is 10.9. The van der Waals surface area contributed by atoms with Gasteiger partial charge in [0.25, 0.3) is 0 Å². The normalized spacial score (nSPS) is 13.4. The molecular formula is C11H19BaO2+. The summed E-state index contributed by atoms with van der Waals surface area (Å²) in [7, 11) is 0. The molecule has 0 bridgehead atoms. The van der Waals surface area contributed by atoms with Crippen molar-refractivity contribution in [3.05, 3.63) is 11.8 Å². The summed E-state index contributed by atoms with van der Waals surface area (Å²) in [6.07, 6.45) is 1.22. The van der Waals surface area contributed by atoms with Crippen LogP contribution in [0.5, 0.6) is 0 Å². The maximum Gasteiger partial charge on any atom is 2.00 e. The largest absolute Gasteiger partial charge is 2.00 e. The van der Waals surface area contributed by atoms with Crippen LogP contribution in [0.15, 0.2) is 11.8 Å². The van der Waals surface area contributed by atoms with E-state index in [1.54, 1.807) is 0 Å². The third kappa shape index (κ3) is 6.30. The molecule has 3 heteroatoms. The summed E-state index contributed by atoms with van der Waals surface area (Å²) in [5, 5.41) is 11.4. The quantitative estimate of drug-likeness (QED) is 0.417. The predicted molar refractivity (Wildman–Crippen MR) is 57.8 cm³/mol. The molecule has 14 heavy (non-hydrogen) atoms. The summed E-state index contributed by atoms with van der Waals surface area (Å²) in [6.45, 7) is 10.8. The number of carbonyl (C=O) groups is 1. The first kappa shape index (κ1) is 17.2. The van der Waals surface area contributed by atoms with Crippen molar-refractivity contribution in [3.8, 4) is 0 Å². The zero-order valence-electron chi connectivity index (χ0n) is 10.1. The van der Waals surface area contributed by atoms with Crippen LogP contribution >= 0.6 is 0 Å². The van der Waals surface area contributed by atoms with E-state index in [4.69, 9.17) is 0 Å². The van der Waals surface area contributed by atoms with Crippen LogP contribution in [0.2, 0.25) is 0 Å². The summed E-state index contributed by atoms with van der Waals surface area (Å²) >= 11 is 0. The zero-order valence-corrected chi connectivity index (χ0v) is 14.5. The minimum Gasteiger partial charge on any atom is -0.875 e. The fourth-order valence-electron chi connectivity index (χ4n) is 0.552. The first-order valence-corrected chi connectivity index (χ1v) is 4.49. The van der Waals surface area contributed by atoms with Crippen molar-refractivity contribution >= 4 is 54.7 Å². The van der Waals surface area contributed by atoms with E-state index in [0.717, 1.165) is 0 Å². The van der Waals surface area contributed by atoms with Crippen molar-refractivity contribution in [2.24, 2.45) is 10.8 Å². The number of ketones is 1. The maximum absolute atomic E-state index is 11.4. The first-order chi connectivity index (χ1) is 5.55. The molecule has 76 valence electrons. The average Bonchev–Trinajstić information content (AvgIpc) is 1.82. The van der Waals surface area contributed by atoms with Crippen LogP contribution < -0.4 is 5.11 Å². The van der Waals surface area contributed by atoms with Gasteiger partial charge in [-0.2, -0.15) is 0 Å². The molecule has 2 nitrogen and oxygen atoms in total. The van der Waals surface area contributed by atoms with Crippen LogP contribution in [0.25, 0.3) is 0 Å². The van der Waals surface area contributed by atoms with E-state index in [0.29, 0.717) is 0 Å². The Balaban J connectivity index is 0. The third-order valence-electron chi connectivity index (χ3n) is 1.74. The van der Waals surface area contributed by atoms with Gasteiger partial charge in [0.1, 0.15) is 0 Å². The first-order valence-electron chi connectivity index (χ1n) is 4.49. The SMILES string of the molecule is CC(C)(C)C(=O)C=C([O-])C(C)(C)C.[Ba+2]. The Labute approximate surface area is 127 Å². The number of hydrogen-bond acceptors (Lipinski definition) is 2. The molecule has 0 N–H and O–H groups in total. The van der Waals surface area contributed by atoms with Gasteiger partial charge in [0, 0.05) is 5.41 Å². The summed E-state index contributed by atoms with van der Waals surface area (Å²) in [6, 6.07) is 0. The van der Waals surface area contributed by atoms with E-state index in [9.17, 15) is 9.90 Å². The monoisotopic (exact) mass is 321 g/mol. The van der Waals surface area contributed by atoms with Crippen molar-refractivity contribution < 1.29 is 9.90 Å². The Bertz CT molecular complexity index is 229. The van der Waals surface area contributed by atoms with Crippen molar-refractivity contribution in [3.63, 3.8) is 0 Å². The van der Waals surface area contributed by atoms with E-state index in [1.165, 1.54) is 6.08 Å². The van der Waals surface area contributed by atoms with Gasteiger partial charge < -0.3 is 5.11 Å². The van der Waals surface area contributed by atoms with Crippen LogP contribution in [0, 0.1) is 10.8 Å². The number of hydrogen-bond donors (Lipinski definition) is 0. The van der Waals surface area contributed by atoms with Gasteiger partial charge in [0.05, 0.1) is 0 Å². The Morgan fingerprint density at radius 3 is 1.57 bits per heavy atom. The smallest absolute Gasteiger partial charge is 0.875 e. The topological polar surface area (TPSA) is 40.1 Å². The molecule has 0 unspecified atom stereocenters. The van der Waals surface area contributed by atoms with Crippen LogP contribution in [-0.2, 0) is 4.79 Å². The summed E-state index contributed by atoms with van der Waals surface area (Å²) in [5.41, 5.74) is -0.915. The molecule has 0 spiro atoms. The van der Waals surface area contributed by atoms with E-state index in [2.05, 4.69) is 0 Å². The Morgan fingerprint density at radius 1 is 1.00 bits per heavy atom. The molecule has 0 radical (unpaired) electrons. The molecule has 0 fully saturated rings. The van der Waals surface area contributed by atoms with Crippen molar-refractivity contribution in [2.75, 3.05) is 0 Å². The van der Waals surface area contributed by atoms with Gasteiger partial charge in [0.15, 0.2) is 5.78 Å². The molecule has 0 aromatic carbocycles. The molecule has 0 saturated carbocycles. The van der Waals surface area contributed by atoms with E-state index >= 15 is 0 Å². The molecule has 0 rings (SSSR count). The van der Waals surface area contributed by atoms with Gasteiger partial charge in [0.2, 0.25) is 0 Å². The molecular weight excluding hydrogens is 301 g/mol. The van der Waals surface area contributed by atoms with Gasteiger partial charge in [-0.25, -0.2) is 0 Å². The van der Waals surface area contributed by atoms with Crippen LogP contribution in [-0.4, -0.2) is 54.7 Å². The number of rotatable bonds is 1. The minimum absolute atomic E-state index is 0. The maximum atomic E-state index is 11.4. The van der Waals surface area contributed by atoms with E-state index in [-0.39, 0.29) is 60.4 Å². The fraction of sp³-hybridized carbons (Fsp3) is 0.727. The second-order valence-corrected chi connectivity index (χ2v) is 5.37. The summed E-state index contributed by atoms with van der Waals surface area (Å²) in [4.78, 5) is 11.4. The Hall–Kier alpha value is 0.781. The molecule has 0 aliphatic heterocycles.